The highest BCUT2D eigenvalue weighted by molar-refractivity contribution is 7.80. The molecule has 0 aliphatic carbocycles. The van der Waals surface area contributed by atoms with E-state index in [1.807, 2.05) is 0 Å². The molecule has 31 heavy (non-hydrogen) atoms. The molecule has 0 aromatic rings. The van der Waals surface area contributed by atoms with E-state index in [0.717, 1.165) is 6.42 Å². The second-order valence-corrected chi connectivity index (χ2v) is 7.80. The Morgan fingerprint density at radius 3 is 1.97 bits per heavy atom. The Morgan fingerprint density at radius 2 is 1.52 bits per heavy atom. The topological polar surface area (TPSA) is 220 Å². The van der Waals surface area contributed by atoms with E-state index < -0.39 is 66.1 Å². The molecule has 10 N–H and O–H groups in total. The number of primary amides is 1. The van der Waals surface area contributed by atoms with Crippen LogP contribution < -0.4 is 33.2 Å². The molecule has 0 spiro atoms. The van der Waals surface area contributed by atoms with Gasteiger partial charge < -0.3 is 38.3 Å². The highest BCUT2D eigenvalue weighted by Gasteiger charge is 2.31. The lowest BCUT2D eigenvalue weighted by atomic mass is 10.0. The molecule has 0 rings (SSSR count). The third-order valence-electron chi connectivity index (χ3n) is 4.39. The maximum atomic E-state index is 12.6. The van der Waals surface area contributed by atoms with E-state index in [0.29, 0.717) is 19.4 Å². The lowest BCUT2D eigenvalue weighted by molar-refractivity contribution is -0.144. The highest BCUT2D eigenvalue weighted by Crippen LogP contribution is 2.05. The van der Waals surface area contributed by atoms with Gasteiger partial charge in [-0.05, 0) is 25.3 Å². The summed E-state index contributed by atoms with van der Waals surface area (Å²) in [7, 11) is 0. The van der Waals surface area contributed by atoms with E-state index in [1.54, 1.807) is 13.8 Å². The van der Waals surface area contributed by atoms with Crippen molar-refractivity contribution in [1.29, 1.82) is 0 Å². The van der Waals surface area contributed by atoms with E-state index in [-0.39, 0.29) is 5.75 Å². The smallest absolute Gasteiger partial charge is 0.326 e. The fourth-order valence-electron chi connectivity index (χ4n) is 2.56. The van der Waals surface area contributed by atoms with E-state index >= 15 is 0 Å². The second-order valence-electron chi connectivity index (χ2n) is 7.43. The average Bonchev–Trinajstić information content (AvgIpc) is 2.68. The van der Waals surface area contributed by atoms with Gasteiger partial charge in [0.25, 0.3) is 0 Å². The third kappa shape index (κ3) is 11.0. The largest absolute Gasteiger partial charge is 0.480 e. The molecule has 0 heterocycles. The predicted molar refractivity (Wildman–Crippen MR) is 117 cm³/mol. The maximum Gasteiger partial charge on any atom is 0.326 e. The summed E-state index contributed by atoms with van der Waals surface area (Å²) < 4.78 is 0. The van der Waals surface area contributed by atoms with Crippen LogP contribution in [0.3, 0.4) is 0 Å². The van der Waals surface area contributed by atoms with Gasteiger partial charge in [0, 0.05) is 5.75 Å². The third-order valence-corrected chi connectivity index (χ3v) is 4.75. The van der Waals surface area contributed by atoms with Gasteiger partial charge in [0.05, 0.1) is 12.5 Å². The number of amides is 4. The molecule has 0 aliphatic rings. The van der Waals surface area contributed by atoms with Gasteiger partial charge in [-0.3, -0.25) is 19.2 Å². The van der Waals surface area contributed by atoms with Gasteiger partial charge in [-0.15, -0.1) is 0 Å². The summed E-state index contributed by atoms with van der Waals surface area (Å²) in [6.07, 6.45) is 1.18. The first-order valence-corrected chi connectivity index (χ1v) is 10.6. The molecule has 0 aromatic carbocycles. The monoisotopic (exact) mass is 462 g/mol. The van der Waals surface area contributed by atoms with Crippen LogP contribution in [0, 0.1) is 5.92 Å². The maximum absolute atomic E-state index is 12.6. The van der Waals surface area contributed by atoms with E-state index in [9.17, 15) is 24.0 Å². The van der Waals surface area contributed by atoms with Crippen LogP contribution in [0.4, 0.5) is 0 Å². The second kappa shape index (κ2) is 14.6. The van der Waals surface area contributed by atoms with Crippen LogP contribution in [-0.2, 0) is 24.0 Å². The van der Waals surface area contributed by atoms with Crippen molar-refractivity contribution in [2.24, 2.45) is 23.1 Å². The minimum absolute atomic E-state index is 0.0566. The molecule has 0 fully saturated rings. The van der Waals surface area contributed by atoms with Crippen molar-refractivity contribution in [2.45, 2.75) is 63.7 Å². The summed E-state index contributed by atoms with van der Waals surface area (Å²) in [5, 5.41) is 16.3. The summed E-state index contributed by atoms with van der Waals surface area (Å²) in [5.41, 5.74) is 16.2. The first-order valence-electron chi connectivity index (χ1n) is 9.93. The molecular weight excluding hydrogens is 428 g/mol. The van der Waals surface area contributed by atoms with Crippen LogP contribution in [-0.4, -0.2) is 71.2 Å². The molecule has 178 valence electrons. The molecule has 4 atom stereocenters. The number of aliphatic carboxylic acids is 1. The molecule has 4 unspecified atom stereocenters. The number of carbonyl (C=O) groups is 5. The first-order chi connectivity index (χ1) is 14.4. The minimum atomic E-state index is -1.53. The molecule has 13 heteroatoms. The van der Waals surface area contributed by atoms with Crippen molar-refractivity contribution < 1.29 is 29.1 Å². The standard InChI is InChI=1S/C18H34N6O6S/c1-9(2)14(17(28)22-11(18(29)30)7-13(21)25)24-16(27)12(8-31)23-15(26)10(20)5-3-4-6-19/h9-12,14,31H,3-8,19-20H2,1-2H3,(H2,21,25)(H,22,28)(H,23,26)(H,24,27)(H,29,30). The highest BCUT2D eigenvalue weighted by atomic mass is 32.1. The van der Waals surface area contributed by atoms with E-state index in [2.05, 4.69) is 28.6 Å². The lowest BCUT2D eigenvalue weighted by Crippen LogP contribution is -2.59. The Morgan fingerprint density at radius 1 is 0.935 bits per heavy atom. The van der Waals surface area contributed by atoms with Gasteiger partial charge >= 0.3 is 5.97 Å². The van der Waals surface area contributed by atoms with Crippen molar-refractivity contribution >= 4 is 42.2 Å². The number of rotatable bonds is 15. The SMILES string of the molecule is CC(C)C(NC(=O)C(CS)NC(=O)C(N)CCCCN)C(=O)NC(CC(N)=O)C(=O)O. The summed E-state index contributed by atoms with van der Waals surface area (Å²) >= 11 is 4.07. The first kappa shape index (κ1) is 28.6. The predicted octanol–water partition coefficient (Wildman–Crippen LogP) is -2.56. The van der Waals surface area contributed by atoms with Gasteiger partial charge in [-0.25, -0.2) is 4.79 Å². The quantitative estimate of drug-likeness (QED) is 0.0953. The Kier molecular flexibility index (Phi) is 13.5. The molecule has 0 bridgehead atoms. The summed E-state index contributed by atoms with van der Waals surface area (Å²) in [4.78, 5) is 59.6. The van der Waals surface area contributed by atoms with Crippen molar-refractivity contribution in [3.8, 4) is 0 Å². The number of nitrogens with one attached hydrogen (secondary N) is 3. The number of nitrogens with two attached hydrogens (primary N) is 3. The Bertz CT molecular complexity index is 647. The molecule has 4 amide bonds. The van der Waals surface area contributed by atoms with Crippen LogP contribution in [0.5, 0.6) is 0 Å². The Balaban J connectivity index is 5.10. The number of carboxylic acid groups (broad SMARTS) is 1. The van der Waals surface area contributed by atoms with Crippen LogP contribution in [0.1, 0.15) is 39.5 Å². The number of carboxylic acids is 1. The minimum Gasteiger partial charge on any atom is -0.480 e. The van der Waals surface area contributed by atoms with Crippen LogP contribution in [0.25, 0.3) is 0 Å². The number of hydrogen-bond donors (Lipinski definition) is 8. The van der Waals surface area contributed by atoms with Crippen molar-refractivity contribution in [3.63, 3.8) is 0 Å². The van der Waals surface area contributed by atoms with Gasteiger partial charge in [0.15, 0.2) is 0 Å². The Hall–Kier alpha value is -2.38. The van der Waals surface area contributed by atoms with Gasteiger partial charge in [-0.1, -0.05) is 20.3 Å². The zero-order valence-corrected chi connectivity index (χ0v) is 18.7. The number of unbranched alkanes of at least 4 members (excludes halogenated alkanes) is 1. The number of thiol groups is 1. The number of carbonyl (C=O) groups excluding carboxylic acids is 4. The lowest BCUT2D eigenvalue weighted by Gasteiger charge is -2.26. The van der Waals surface area contributed by atoms with E-state index in [1.165, 1.54) is 0 Å². The fourth-order valence-corrected chi connectivity index (χ4v) is 2.82. The van der Waals surface area contributed by atoms with Crippen molar-refractivity contribution in [1.82, 2.24) is 16.0 Å². The molecule has 0 saturated heterocycles. The van der Waals surface area contributed by atoms with Crippen molar-refractivity contribution in [3.05, 3.63) is 0 Å². The summed E-state index contributed by atoms with van der Waals surface area (Å²) in [5.74, 6) is -4.86. The fraction of sp³-hybridized carbons (Fsp3) is 0.722. The van der Waals surface area contributed by atoms with Gasteiger partial charge in [0.1, 0.15) is 18.1 Å². The molecule has 12 nitrogen and oxygen atoms in total. The number of hydrogen-bond acceptors (Lipinski definition) is 8. The van der Waals surface area contributed by atoms with Gasteiger partial charge in [-0.2, -0.15) is 12.6 Å². The van der Waals surface area contributed by atoms with Gasteiger partial charge in [0.2, 0.25) is 23.6 Å². The summed E-state index contributed by atoms with van der Waals surface area (Å²) in [6, 6.07) is -4.54. The Labute approximate surface area is 186 Å². The zero-order valence-electron chi connectivity index (χ0n) is 17.8. The molecule has 0 radical (unpaired) electrons. The zero-order chi connectivity index (χ0) is 24.1. The molecule has 0 aliphatic heterocycles. The molecule has 0 aromatic heterocycles. The molecule has 0 saturated carbocycles. The normalized spacial score (nSPS) is 14.8. The van der Waals surface area contributed by atoms with E-state index in [4.69, 9.17) is 22.3 Å². The van der Waals surface area contributed by atoms with Crippen molar-refractivity contribution in [2.75, 3.05) is 12.3 Å². The van der Waals surface area contributed by atoms with Crippen LogP contribution >= 0.6 is 12.6 Å². The summed E-state index contributed by atoms with van der Waals surface area (Å²) in [6.45, 7) is 3.75. The van der Waals surface area contributed by atoms with Crippen LogP contribution in [0.15, 0.2) is 0 Å². The van der Waals surface area contributed by atoms with Crippen LogP contribution in [0.2, 0.25) is 0 Å². The average molecular weight is 463 g/mol. The molecular formula is C18H34N6O6S.